The van der Waals surface area contributed by atoms with Crippen LogP contribution in [0.1, 0.15) is 111 Å². The van der Waals surface area contributed by atoms with Gasteiger partial charge in [0.25, 0.3) is 0 Å². The van der Waals surface area contributed by atoms with Gasteiger partial charge in [-0.2, -0.15) is 0 Å². The van der Waals surface area contributed by atoms with Crippen molar-refractivity contribution in [2.45, 2.75) is 76.5 Å². The van der Waals surface area contributed by atoms with E-state index in [0.29, 0.717) is 6.54 Å². The summed E-state index contributed by atoms with van der Waals surface area (Å²) in [5.41, 5.74) is 6.09. The molecule has 5 aromatic rings. The Labute approximate surface area is 373 Å². The lowest BCUT2D eigenvalue weighted by atomic mass is 9.49. The Morgan fingerprint density at radius 1 is 0.578 bits per heavy atom. The summed E-state index contributed by atoms with van der Waals surface area (Å²) in [6.07, 6.45) is 7.42. The summed E-state index contributed by atoms with van der Waals surface area (Å²) in [7, 11) is 0. The monoisotopic (exact) mass is 855 g/mol. The number of carbonyl (C=O) groups excluding carboxylic acids is 5. The van der Waals surface area contributed by atoms with Gasteiger partial charge in [0.1, 0.15) is 19.3 Å². The lowest BCUT2D eigenvalue weighted by molar-refractivity contribution is -0.139. The first-order valence-corrected chi connectivity index (χ1v) is 22.8. The Kier molecular flexibility index (Phi) is 11.1. The number of amides is 3. The zero-order valence-corrected chi connectivity index (χ0v) is 36.0. The minimum absolute atomic E-state index is 0.00631. The van der Waals surface area contributed by atoms with Crippen molar-refractivity contribution in [3.05, 3.63) is 172 Å². The molecule has 0 heterocycles. The molecule has 3 atom stereocenters. The molecule has 0 aromatic heterocycles. The van der Waals surface area contributed by atoms with E-state index in [9.17, 15) is 24.0 Å². The fourth-order valence-corrected chi connectivity index (χ4v) is 12.4. The van der Waals surface area contributed by atoms with Crippen LogP contribution in [0.25, 0.3) is 0 Å². The van der Waals surface area contributed by atoms with Crippen LogP contribution in [0.15, 0.2) is 127 Å². The second-order valence-corrected chi connectivity index (χ2v) is 19.0. The van der Waals surface area contributed by atoms with Gasteiger partial charge in [0.05, 0.1) is 23.0 Å². The summed E-state index contributed by atoms with van der Waals surface area (Å²) in [5.74, 6) is -2.44. The van der Waals surface area contributed by atoms with Crippen LogP contribution < -0.4 is 16.0 Å². The summed E-state index contributed by atoms with van der Waals surface area (Å²) < 4.78 is 11.2. The van der Waals surface area contributed by atoms with E-state index in [1.54, 1.807) is 6.92 Å². The largest absolute Gasteiger partial charge is 0.457 e. The van der Waals surface area contributed by atoms with Crippen LogP contribution in [0.3, 0.4) is 0 Å². The first kappa shape index (κ1) is 41.5. The molecule has 7 aliphatic carbocycles. The fraction of sp³-hybridized carbons (Fsp3) is 0.352. The third kappa shape index (κ3) is 8.10. The van der Waals surface area contributed by atoms with Crippen molar-refractivity contribution in [2.24, 2.45) is 35.0 Å². The Morgan fingerprint density at radius 2 is 1.00 bits per heavy atom. The Bertz CT molecular complexity index is 2450. The smallest absolute Gasteiger partial charge is 0.338 e. The average molecular weight is 856 g/mol. The number of rotatable bonds is 13. The van der Waals surface area contributed by atoms with Crippen molar-refractivity contribution in [1.29, 1.82) is 0 Å². The van der Waals surface area contributed by atoms with Crippen LogP contribution in [0, 0.1) is 35.0 Å². The van der Waals surface area contributed by atoms with Gasteiger partial charge in [-0.3, -0.25) is 14.4 Å². The predicted octanol–water partition coefficient (Wildman–Crippen LogP) is 8.70. The van der Waals surface area contributed by atoms with E-state index >= 15 is 0 Å². The van der Waals surface area contributed by atoms with Crippen LogP contribution >= 0.6 is 0 Å². The molecule has 7 aliphatic rings. The fourth-order valence-electron chi connectivity index (χ4n) is 12.4. The predicted molar refractivity (Wildman–Crippen MR) is 241 cm³/mol. The van der Waals surface area contributed by atoms with Gasteiger partial charge in [-0.05, 0) is 120 Å². The van der Waals surface area contributed by atoms with Crippen LogP contribution in [-0.4, -0.2) is 42.2 Å². The molecule has 0 radical (unpaired) electrons. The van der Waals surface area contributed by atoms with E-state index in [2.05, 4.69) is 40.2 Å². The van der Waals surface area contributed by atoms with Gasteiger partial charge >= 0.3 is 11.9 Å². The third-order valence-corrected chi connectivity index (χ3v) is 14.7. The normalized spacial score (nSPS) is 25.9. The molecule has 5 aromatic carbocycles. The highest BCUT2D eigenvalue weighted by atomic mass is 16.5. The molecule has 4 saturated carbocycles. The molecule has 0 aliphatic heterocycles. The van der Waals surface area contributed by atoms with E-state index in [1.165, 1.54) is 37.5 Å². The first-order chi connectivity index (χ1) is 31.1. The maximum atomic E-state index is 14.9. The number of hydrogen-bond acceptors (Lipinski definition) is 7. The van der Waals surface area contributed by atoms with Crippen LogP contribution in [0.5, 0.6) is 0 Å². The second-order valence-electron chi connectivity index (χ2n) is 19.0. The van der Waals surface area contributed by atoms with E-state index in [-0.39, 0.29) is 53.2 Å². The molecule has 0 spiro atoms. The summed E-state index contributed by atoms with van der Waals surface area (Å²) >= 11 is 0. The van der Waals surface area contributed by atoms with Gasteiger partial charge in [0, 0.05) is 24.1 Å². The molecule has 3 N–H and O–H groups in total. The van der Waals surface area contributed by atoms with Crippen molar-refractivity contribution < 1.29 is 33.4 Å². The van der Waals surface area contributed by atoms with Crippen molar-refractivity contribution in [1.82, 2.24) is 10.6 Å². The van der Waals surface area contributed by atoms with E-state index in [0.717, 1.165) is 70.4 Å². The number of nitrogens with one attached hydrogen (secondary N) is 3. The number of anilines is 1. The molecular formula is C54H53N3O7. The van der Waals surface area contributed by atoms with E-state index in [4.69, 9.17) is 9.47 Å². The lowest BCUT2D eigenvalue weighted by Gasteiger charge is -2.57. The summed E-state index contributed by atoms with van der Waals surface area (Å²) in [5, 5.41) is 9.25. The first-order valence-electron chi connectivity index (χ1n) is 22.8. The number of esters is 2. The summed E-state index contributed by atoms with van der Waals surface area (Å²) in [6.45, 7) is 2.23. The summed E-state index contributed by atoms with van der Waals surface area (Å²) in [4.78, 5) is 70.6. The topological polar surface area (TPSA) is 140 Å². The Balaban J connectivity index is 0.894. The van der Waals surface area contributed by atoms with Gasteiger partial charge in [-0.25, -0.2) is 9.59 Å². The number of ether oxygens (including phenoxy) is 2. The maximum Gasteiger partial charge on any atom is 0.338 e. The maximum absolute atomic E-state index is 14.9. The highest BCUT2D eigenvalue weighted by Crippen LogP contribution is 2.61. The van der Waals surface area contributed by atoms with Crippen molar-refractivity contribution >= 4 is 35.3 Å². The molecule has 326 valence electrons. The van der Waals surface area contributed by atoms with E-state index in [1.807, 2.05) is 84.9 Å². The molecule has 4 fully saturated rings. The molecule has 64 heavy (non-hydrogen) atoms. The van der Waals surface area contributed by atoms with Gasteiger partial charge < -0.3 is 25.4 Å². The van der Waals surface area contributed by atoms with Gasteiger partial charge in [0.15, 0.2) is 0 Å². The standard InChI is InChI=1S/C54H53N3O7/c1-32(49(58)57-40-24-38(52(61)63-29-33-12-4-2-5-13-33)23-39(25-40)53(62)64-30-34-14-6-3-7-15-34)56-51(60)48-46-43-18-10-8-16-41(43)45(42-17-9-11-19-44(42)46)47(48)50(59)55-31-54-26-35-20-36(27-54)22-37(21-35)28-54/h2-19,23-25,32,35-37,45-48H,20-22,26-31H2,1H3,(H,55,59)(H,56,60)(H,57,58)/t32-,35?,36?,37?,45?,46?,47?,48?,54?/m0/s1. The highest BCUT2D eigenvalue weighted by Gasteiger charge is 2.56. The Hall–Kier alpha value is -6.55. The minimum Gasteiger partial charge on any atom is -0.457 e. The zero-order valence-electron chi connectivity index (χ0n) is 36.0. The zero-order chi connectivity index (χ0) is 44.0. The number of carbonyl (C=O) groups is 5. The number of hydrogen-bond donors (Lipinski definition) is 3. The highest BCUT2D eigenvalue weighted by molar-refractivity contribution is 6.02. The molecular weight excluding hydrogens is 803 g/mol. The third-order valence-electron chi connectivity index (χ3n) is 14.7. The van der Waals surface area contributed by atoms with Crippen molar-refractivity contribution in [3.8, 4) is 0 Å². The summed E-state index contributed by atoms with van der Waals surface area (Å²) in [6, 6.07) is 37.9. The van der Waals surface area contributed by atoms with Gasteiger partial charge in [-0.1, -0.05) is 109 Å². The molecule has 10 heteroatoms. The molecule has 2 unspecified atom stereocenters. The number of fused-ring (bicyclic) bond motifs is 1. The molecule has 6 bridgehead atoms. The molecule has 0 saturated heterocycles. The average Bonchev–Trinajstić information content (AvgIpc) is 3.31. The van der Waals surface area contributed by atoms with Crippen molar-refractivity contribution in [3.63, 3.8) is 0 Å². The van der Waals surface area contributed by atoms with Gasteiger partial charge in [0.2, 0.25) is 17.7 Å². The van der Waals surface area contributed by atoms with Gasteiger partial charge in [-0.15, -0.1) is 0 Å². The minimum atomic E-state index is -1.06. The molecule has 10 nitrogen and oxygen atoms in total. The van der Waals surface area contributed by atoms with E-state index < -0.39 is 41.6 Å². The van der Waals surface area contributed by atoms with Crippen molar-refractivity contribution in [2.75, 3.05) is 11.9 Å². The molecule has 3 amide bonds. The van der Waals surface area contributed by atoms with Crippen LogP contribution in [-0.2, 0) is 37.1 Å². The lowest BCUT2D eigenvalue weighted by Crippen LogP contribution is -2.56. The van der Waals surface area contributed by atoms with Crippen LogP contribution in [0.4, 0.5) is 5.69 Å². The Morgan fingerprint density at radius 3 is 1.45 bits per heavy atom. The van der Waals surface area contributed by atoms with Crippen LogP contribution in [0.2, 0.25) is 0 Å². The molecule has 12 rings (SSSR count). The SMILES string of the molecule is C[C@H](NC(=O)C1C2c3ccccc3C(c3ccccc32)C1C(=O)NCC12CC3CC(CC(C3)C1)C2)C(=O)Nc1cc(C(=O)OCc2ccccc2)cc(C(=O)OCc2ccccc2)c1. The number of benzene rings is 5. The second kappa shape index (κ2) is 17.2. The quantitative estimate of drug-likeness (QED) is 0.101.